The first-order valence-corrected chi connectivity index (χ1v) is 8.89. The van der Waals surface area contributed by atoms with E-state index < -0.39 is 0 Å². The van der Waals surface area contributed by atoms with Crippen molar-refractivity contribution in [1.29, 1.82) is 0 Å². The van der Waals surface area contributed by atoms with Crippen molar-refractivity contribution in [1.82, 2.24) is 10.2 Å². The van der Waals surface area contributed by atoms with Gasteiger partial charge in [0.15, 0.2) is 5.96 Å². The summed E-state index contributed by atoms with van der Waals surface area (Å²) in [5, 5.41) is 3.52. The number of nitrogens with one attached hydrogen (secondary N) is 1. The first-order chi connectivity index (χ1) is 10.2. The Morgan fingerprint density at radius 3 is 1.82 bits per heavy atom. The van der Waals surface area contributed by atoms with Crippen LogP contribution in [0, 0.1) is 0 Å². The molecule has 0 bridgehead atoms. The minimum Gasteiger partial charge on any atom is -0.354 e. The Labute approximate surface area is 138 Å². The van der Waals surface area contributed by atoms with Gasteiger partial charge < -0.3 is 5.32 Å². The van der Waals surface area contributed by atoms with Crippen LogP contribution >= 0.6 is 0 Å². The summed E-state index contributed by atoms with van der Waals surface area (Å²) in [6.45, 7) is 19.5. The van der Waals surface area contributed by atoms with Gasteiger partial charge in [-0.3, -0.25) is 14.9 Å². The molecule has 22 heavy (non-hydrogen) atoms. The zero-order valence-corrected chi connectivity index (χ0v) is 16.3. The van der Waals surface area contributed by atoms with Crippen LogP contribution in [0.25, 0.3) is 0 Å². The van der Waals surface area contributed by atoms with Crippen molar-refractivity contribution in [3.8, 4) is 0 Å². The van der Waals surface area contributed by atoms with E-state index in [1.165, 1.54) is 6.42 Å². The molecule has 0 fully saturated rings. The maximum atomic E-state index is 4.89. The predicted octanol–water partition coefficient (Wildman–Crippen LogP) is 4.46. The summed E-state index contributed by atoms with van der Waals surface area (Å²) < 4.78 is 0. The average Bonchev–Trinajstić information content (AvgIpc) is 2.33. The van der Waals surface area contributed by atoms with Crippen LogP contribution in [0.1, 0.15) is 81.6 Å². The van der Waals surface area contributed by atoms with Gasteiger partial charge in [0.1, 0.15) is 5.84 Å². The molecular formula is C18H38N4. The van der Waals surface area contributed by atoms with Gasteiger partial charge in [-0.1, -0.05) is 13.3 Å². The second kappa shape index (κ2) is 10.6. The molecule has 0 rings (SSSR count). The lowest BCUT2D eigenvalue weighted by Crippen LogP contribution is -2.51. The van der Waals surface area contributed by atoms with Gasteiger partial charge in [0.25, 0.3) is 0 Å². The molecule has 0 saturated heterocycles. The summed E-state index contributed by atoms with van der Waals surface area (Å²) in [5.74, 6) is 2.11. The number of aliphatic imine (C=N–C) groups is 2. The molecule has 0 aliphatic carbocycles. The minimum atomic E-state index is 0.258. The van der Waals surface area contributed by atoms with Crippen LogP contribution in [-0.4, -0.2) is 40.9 Å². The van der Waals surface area contributed by atoms with E-state index in [1.807, 2.05) is 0 Å². The third-order valence-corrected chi connectivity index (χ3v) is 2.98. The Balaban J connectivity index is 5.66. The SMILES string of the molecule is CCCCC(=NC(C)C)N(C(=NC(C)C)NC(C)C)C(C)C. The number of amidine groups is 1. The molecule has 0 heterocycles. The van der Waals surface area contributed by atoms with E-state index in [9.17, 15) is 0 Å². The van der Waals surface area contributed by atoms with Gasteiger partial charge in [-0.2, -0.15) is 0 Å². The van der Waals surface area contributed by atoms with Crippen molar-refractivity contribution in [3.05, 3.63) is 0 Å². The Hall–Kier alpha value is -1.06. The fraction of sp³-hybridized carbons (Fsp3) is 0.889. The summed E-state index contributed by atoms with van der Waals surface area (Å²) in [4.78, 5) is 12.0. The molecule has 0 spiro atoms. The highest BCUT2D eigenvalue weighted by Gasteiger charge is 2.22. The molecule has 1 N–H and O–H groups in total. The van der Waals surface area contributed by atoms with Crippen molar-refractivity contribution in [2.45, 2.75) is 106 Å². The Morgan fingerprint density at radius 2 is 1.45 bits per heavy atom. The maximum absolute atomic E-state index is 4.89. The largest absolute Gasteiger partial charge is 0.354 e. The van der Waals surface area contributed by atoms with Crippen LogP contribution in [0.3, 0.4) is 0 Å². The van der Waals surface area contributed by atoms with Gasteiger partial charge in [0.2, 0.25) is 0 Å². The third-order valence-electron chi connectivity index (χ3n) is 2.98. The van der Waals surface area contributed by atoms with Crippen molar-refractivity contribution >= 4 is 11.8 Å². The monoisotopic (exact) mass is 310 g/mol. The number of rotatable bonds is 7. The van der Waals surface area contributed by atoms with Crippen LogP contribution in [0.2, 0.25) is 0 Å². The van der Waals surface area contributed by atoms with Gasteiger partial charge in [-0.25, -0.2) is 0 Å². The zero-order chi connectivity index (χ0) is 17.3. The Bertz CT molecular complexity index is 354. The molecule has 130 valence electrons. The van der Waals surface area contributed by atoms with E-state index >= 15 is 0 Å². The highest BCUT2D eigenvalue weighted by atomic mass is 15.3. The van der Waals surface area contributed by atoms with E-state index in [-0.39, 0.29) is 6.04 Å². The summed E-state index contributed by atoms with van der Waals surface area (Å²) in [5.41, 5.74) is 0. The van der Waals surface area contributed by atoms with Crippen molar-refractivity contribution < 1.29 is 0 Å². The van der Waals surface area contributed by atoms with Crippen molar-refractivity contribution in [2.24, 2.45) is 9.98 Å². The number of nitrogens with zero attached hydrogens (tertiary/aromatic N) is 3. The van der Waals surface area contributed by atoms with Gasteiger partial charge in [0.05, 0.1) is 0 Å². The lowest BCUT2D eigenvalue weighted by Gasteiger charge is -2.33. The summed E-state index contributed by atoms with van der Waals surface area (Å²) in [6, 6.07) is 1.24. The summed E-state index contributed by atoms with van der Waals surface area (Å²) in [6.07, 6.45) is 3.34. The fourth-order valence-electron chi connectivity index (χ4n) is 2.22. The molecule has 0 aliphatic rings. The molecule has 0 aromatic rings. The van der Waals surface area contributed by atoms with Crippen molar-refractivity contribution in [3.63, 3.8) is 0 Å². The molecule has 0 amide bonds. The van der Waals surface area contributed by atoms with Gasteiger partial charge >= 0.3 is 0 Å². The Kier molecular flexibility index (Phi) is 10.1. The quantitative estimate of drug-likeness (QED) is 0.557. The minimum absolute atomic E-state index is 0.258. The molecule has 0 atom stereocenters. The molecule has 0 saturated carbocycles. The Morgan fingerprint density at radius 1 is 0.909 bits per heavy atom. The molecule has 4 heteroatoms. The molecule has 0 aromatic carbocycles. The van der Waals surface area contributed by atoms with Gasteiger partial charge in [-0.05, 0) is 61.8 Å². The molecule has 0 unspecified atom stereocenters. The fourth-order valence-corrected chi connectivity index (χ4v) is 2.22. The van der Waals surface area contributed by atoms with Crippen LogP contribution in [0.15, 0.2) is 9.98 Å². The second-order valence-electron chi connectivity index (χ2n) is 7.05. The topological polar surface area (TPSA) is 40.0 Å². The van der Waals surface area contributed by atoms with Crippen LogP contribution in [0.5, 0.6) is 0 Å². The number of hydrogen-bond donors (Lipinski definition) is 1. The number of hydrogen-bond acceptors (Lipinski definition) is 2. The van der Waals surface area contributed by atoms with Gasteiger partial charge in [0, 0.05) is 30.6 Å². The van der Waals surface area contributed by atoms with E-state index in [1.54, 1.807) is 0 Å². The highest BCUT2D eigenvalue weighted by molar-refractivity contribution is 6.00. The van der Waals surface area contributed by atoms with E-state index in [2.05, 4.69) is 72.5 Å². The predicted molar refractivity (Wildman–Crippen MR) is 99.9 cm³/mol. The van der Waals surface area contributed by atoms with Crippen molar-refractivity contribution in [2.75, 3.05) is 0 Å². The first-order valence-electron chi connectivity index (χ1n) is 8.89. The molecule has 0 aromatic heterocycles. The molecule has 0 radical (unpaired) electrons. The smallest absolute Gasteiger partial charge is 0.200 e. The lowest BCUT2D eigenvalue weighted by atomic mass is 10.2. The van der Waals surface area contributed by atoms with Gasteiger partial charge in [-0.15, -0.1) is 0 Å². The highest BCUT2D eigenvalue weighted by Crippen LogP contribution is 2.11. The van der Waals surface area contributed by atoms with Crippen LogP contribution in [0.4, 0.5) is 0 Å². The average molecular weight is 311 g/mol. The second-order valence-corrected chi connectivity index (χ2v) is 7.05. The molecular weight excluding hydrogens is 272 g/mol. The number of guanidine groups is 1. The normalized spacial score (nSPS) is 13.7. The molecule has 4 nitrogen and oxygen atoms in total. The zero-order valence-electron chi connectivity index (χ0n) is 16.3. The first kappa shape index (κ1) is 20.9. The summed E-state index contributed by atoms with van der Waals surface area (Å²) in [7, 11) is 0. The maximum Gasteiger partial charge on any atom is 0.200 e. The van der Waals surface area contributed by atoms with Crippen LogP contribution in [-0.2, 0) is 0 Å². The third kappa shape index (κ3) is 8.40. The van der Waals surface area contributed by atoms with Crippen LogP contribution < -0.4 is 5.32 Å². The molecule has 0 aliphatic heterocycles. The van der Waals surface area contributed by atoms with E-state index in [4.69, 9.17) is 9.98 Å². The lowest BCUT2D eigenvalue weighted by molar-refractivity contribution is 0.455. The van der Waals surface area contributed by atoms with E-state index in [0.29, 0.717) is 18.1 Å². The van der Waals surface area contributed by atoms with E-state index in [0.717, 1.165) is 24.6 Å². The standard InChI is InChI=1S/C18H38N4/c1-10-11-12-17(19-13(2)3)22(16(8)9)18(20-14(4)5)21-15(6)7/h13-16H,10-12H2,1-9H3,(H,20,21). The summed E-state index contributed by atoms with van der Waals surface area (Å²) >= 11 is 0. The number of unbranched alkanes of at least 4 members (excludes halogenated alkanes) is 1.